The molecule has 0 saturated heterocycles. The van der Waals surface area contributed by atoms with E-state index >= 15 is 0 Å². The molecule has 5 aromatic rings. The van der Waals surface area contributed by atoms with E-state index in [4.69, 9.17) is 4.98 Å². The van der Waals surface area contributed by atoms with Crippen molar-refractivity contribution in [2.24, 2.45) is 0 Å². The Labute approximate surface area is 203 Å². The summed E-state index contributed by atoms with van der Waals surface area (Å²) in [5.41, 5.74) is 20.7. The van der Waals surface area contributed by atoms with E-state index < -0.39 is 0 Å². The lowest BCUT2D eigenvalue weighted by Crippen LogP contribution is -2.25. The Morgan fingerprint density at radius 1 is 0.571 bits per heavy atom. The molecule has 4 heterocycles. The number of fused-ring (bicyclic) bond motifs is 12. The van der Waals surface area contributed by atoms with Gasteiger partial charge in [-0.15, -0.1) is 0 Å². The smallest absolute Gasteiger partial charge is 0.0716 e. The molecule has 3 nitrogen and oxygen atoms in total. The molecule has 0 spiro atoms. The Morgan fingerprint density at radius 3 is 2.43 bits per heavy atom. The summed E-state index contributed by atoms with van der Waals surface area (Å²) in [6.45, 7) is 0. The maximum atomic E-state index is 4.78. The molecule has 0 N–H and O–H groups in total. The van der Waals surface area contributed by atoms with E-state index in [1.54, 1.807) is 0 Å². The van der Waals surface area contributed by atoms with Gasteiger partial charge in [0.15, 0.2) is 0 Å². The zero-order chi connectivity index (χ0) is 22.7. The summed E-state index contributed by atoms with van der Waals surface area (Å²) >= 11 is 0. The second kappa shape index (κ2) is 6.25. The summed E-state index contributed by atoms with van der Waals surface area (Å²) in [6, 6.07) is 22.8. The zero-order valence-corrected chi connectivity index (χ0v) is 19.2. The number of benzene rings is 3. The van der Waals surface area contributed by atoms with Crippen LogP contribution in [0.3, 0.4) is 0 Å². The number of anilines is 3. The van der Waals surface area contributed by atoms with Crippen LogP contribution in [0.25, 0.3) is 22.3 Å². The second-order valence-electron chi connectivity index (χ2n) is 10.2. The fourth-order valence-corrected chi connectivity index (χ4v) is 7.07. The van der Waals surface area contributed by atoms with Crippen LogP contribution in [0.1, 0.15) is 44.6 Å². The van der Waals surface area contributed by atoms with E-state index in [0.717, 1.165) is 31.4 Å². The van der Waals surface area contributed by atoms with Gasteiger partial charge in [-0.2, -0.15) is 0 Å². The molecular formula is C32H21N3. The van der Waals surface area contributed by atoms with Crippen molar-refractivity contribution < 1.29 is 0 Å². The molecule has 3 heteroatoms. The molecule has 0 saturated carbocycles. The Bertz CT molecular complexity index is 1760. The summed E-state index contributed by atoms with van der Waals surface area (Å²) in [4.78, 5) is 11.7. The van der Waals surface area contributed by atoms with E-state index in [1.807, 2.05) is 18.6 Å². The molecule has 35 heavy (non-hydrogen) atoms. The van der Waals surface area contributed by atoms with Crippen LogP contribution in [-0.2, 0) is 25.7 Å². The van der Waals surface area contributed by atoms with Gasteiger partial charge in [0.25, 0.3) is 0 Å². The predicted molar refractivity (Wildman–Crippen MR) is 139 cm³/mol. The molecule has 9 rings (SSSR count). The van der Waals surface area contributed by atoms with Crippen LogP contribution in [0.15, 0.2) is 79.3 Å². The van der Waals surface area contributed by atoms with Gasteiger partial charge >= 0.3 is 0 Å². The van der Waals surface area contributed by atoms with Crippen molar-refractivity contribution in [3.05, 3.63) is 124 Å². The summed E-state index contributed by atoms with van der Waals surface area (Å²) in [6.07, 6.45) is 9.77. The third-order valence-corrected chi connectivity index (χ3v) is 8.47. The maximum Gasteiger partial charge on any atom is 0.0716 e. The molecule has 2 aliphatic heterocycles. The van der Waals surface area contributed by atoms with Gasteiger partial charge in [-0.3, -0.25) is 9.97 Å². The first-order valence-electron chi connectivity index (χ1n) is 12.4. The highest BCUT2D eigenvalue weighted by molar-refractivity contribution is 5.96. The maximum absolute atomic E-state index is 4.78. The molecule has 0 bridgehead atoms. The third kappa shape index (κ3) is 2.21. The zero-order valence-electron chi connectivity index (χ0n) is 19.2. The van der Waals surface area contributed by atoms with E-state index in [2.05, 4.69) is 70.5 Å². The second-order valence-corrected chi connectivity index (χ2v) is 10.2. The summed E-state index contributed by atoms with van der Waals surface area (Å²) in [5.74, 6) is 0. The summed E-state index contributed by atoms with van der Waals surface area (Å²) in [5, 5.41) is 0. The quantitative estimate of drug-likeness (QED) is 0.253. The van der Waals surface area contributed by atoms with Gasteiger partial charge in [0.05, 0.1) is 22.8 Å². The van der Waals surface area contributed by atoms with Gasteiger partial charge in [-0.25, -0.2) is 0 Å². The normalized spacial score (nSPS) is 14.9. The number of hydrogen-bond acceptors (Lipinski definition) is 3. The van der Waals surface area contributed by atoms with Crippen LogP contribution >= 0.6 is 0 Å². The van der Waals surface area contributed by atoms with E-state index in [-0.39, 0.29) is 0 Å². The molecule has 164 valence electrons. The standard InChI is InChI=1S/C32H21N3/c1-2-4-23-18(3-1)13-19-5-7-24-25(30(19)23)14-20-6-8-29-26(31(20)24)15-21-9-12-34-27-16-22-17-33-11-10-28(22)35(29)32(21)27/h1-12,17H,13-16H2. The van der Waals surface area contributed by atoms with Gasteiger partial charge in [-0.05, 0) is 86.7 Å². The van der Waals surface area contributed by atoms with Crippen molar-refractivity contribution in [3.63, 3.8) is 0 Å². The molecule has 0 radical (unpaired) electrons. The van der Waals surface area contributed by atoms with Gasteiger partial charge in [-0.1, -0.05) is 42.5 Å². The van der Waals surface area contributed by atoms with Crippen LogP contribution in [0.4, 0.5) is 17.1 Å². The lowest BCUT2D eigenvalue weighted by atomic mass is 9.85. The van der Waals surface area contributed by atoms with Crippen molar-refractivity contribution in [2.75, 3.05) is 4.90 Å². The number of rotatable bonds is 0. The topological polar surface area (TPSA) is 29.0 Å². The minimum Gasteiger partial charge on any atom is -0.308 e. The van der Waals surface area contributed by atoms with Crippen molar-refractivity contribution in [2.45, 2.75) is 25.7 Å². The van der Waals surface area contributed by atoms with Gasteiger partial charge in [0.1, 0.15) is 0 Å². The SMILES string of the molecule is c1ccc2c(c1)Cc1ccc3c(c1-2)Cc1ccc2c(c1-3)Cc1ccnc3c1N2c1ccncc1C3. The Kier molecular flexibility index (Phi) is 3.24. The van der Waals surface area contributed by atoms with E-state index in [9.17, 15) is 0 Å². The monoisotopic (exact) mass is 447 g/mol. The molecule has 4 aliphatic rings. The first-order chi connectivity index (χ1) is 17.3. The largest absolute Gasteiger partial charge is 0.308 e. The van der Waals surface area contributed by atoms with Crippen LogP contribution in [0.5, 0.6) is 0 Å². The highest BCUT2D eigenvalue weighted by atomic mass is 15.2. The molecule has 2 aliphatic carbocycles. The highest BCUT2D eigenvalue weighted by Crippen LogP contribution is 2.55. The number of aromatic nitrogens is 2. The Balaban J connectivity index is 1.31. The molecule has 0 atom stereocenters. The molecular weight excluding hydrogens is 426 g/mol. The fourth-order valence-electron chi connectivity index (χ4n) is 7.07. The van der Waals surface area contributed by atoms with E-state index in [0.29, 0.717) is 0 Å². The average Bonchev–Trinajstić information content (AvgIpc) is 3.47. The van der Waals surface area contributed by atoms with Crippen molar-refractivity contribution in [1.29, 1.82) is 0 Å². The lowest BCUT2D eigenvalue weighted by Gasteiger charge is -2.39. The fraction of sp³-hybridized carbons (Fsp3) is 0.125. The number of nitrogens with zero attached hydrogens (tertiary/aromatic N) is 3. The first kappa shape index (κ1) is 18.1. The first-order valence-corrected chi connectivity index (χ1v) is 12.4. The van der Waals surface area contributed by atoms with Crippen LogP contribution in [-0.4, -0.2) is 9.97 Å². The minimum atomic E-state index is 0.845. The van der Waals surface area contributed by atoms with Gasteiger partial charge in [0.2, 0.25) is 0 Å². The summed E-state index contributed by atoms with van der Waals surface area (Å²) < 4.78 is 0. The van der Waals surface area contributed by atoms with Crippen LogP contribution in [0.2, 0.25) is 0 Å². The van der Waals surface area contributed by atoms with E-state index in [1.165, 1.54) is 78.3 Å². The minimum absolute atomic E-state index is 0.845. The third-order valence-electron chi connectivity index (χ3n) is 8.47. The molecule has 3 aromatic carbocycles. The van der Waals surface area contributed by atoms with Gasteiger partial charge in [0, 0.05) is 37.0 Å². The number of hydrogen-bond donors (Lipinski definition) is 0. The van der Waals surface area contributed by atoms with Crippen LogP contribution < -0.4 is 4.90 Å². The predicted octanol–water partition coefficient (Wildman–Crippen LogP) is 6.90. The molecule has 0 amide bonds. The Morgan fingerprint density at radius 2 is 1.43 bits per heavy atom. The summed E-state index contributed by atoms with van der Waals surface area (Å²) in [7, 11) is 0. The molecule has 0 fully saturated rings. The van der Waals surface area contributed by atoms with Crippen molar-refractivity contribution in [3.8, 4) is 22.3 Å². The average molecular weight is 448 g/mol. The Hall–Kier alpha value is -4.24. The van der Waals surface area contributed by atoms with Crippen molar-refractivity contribution >= 4 is 17.1 Å². The lowest BCUT2D eigenvalue weighted by molar-refractivity contribution is 0.952. The molecule has 2 aromatic heterocycles. The molecule has 0 unspecified atom stereocenters. The van der Waals surface area contributed by atoms with Gasteiger partial charge < -0.3 is 4.90 Å². The number of pyridine rings is 2. The van der Waals surface area contributed by atoms with Crippen LogP contribution in [0, 0.1) is 0 Å². The highest BCUT2D eigenvalue weighted by Gasteiger charge is 2.36. The van der Waals surface area contributed by atoms with Crippen molar-refractivity contribution in [1.82, 2.24) is 9.97 Å².